The van der Waals surface area contributed by atoms with Crippen LogP contribution in [0.3, 0.4) is 0 Å². The van der Waals surface area contributed by atoms with E-state index in [1.54, 1.807) is 0 Å². The molecule has 1 rings (SSSR count). The zero-order chi connectivity index (χ0) is 10.6. The number of para-hydroxylation sites is 1. The van der Waals surface area contributed by atoms with E-state index in [-0.39, 0.29) is 0 Å². The van der Waals surface area contributed by atoms with Crippen molar-refractivity contribution in [3.8, 4) is 5.75 Å². The van der Waals surface area contributed by atoms with Crippen molar-refractivity contribution in [2.24, 2.45) is 5.73 Å². The Morgan fingerprint density at radius 1 is 1.21 bits per heavy atom. The predicted molar refractivity (Wildman–Crippen MR) is 63.2 cm³/mol. The van der Waals surface area contributed by atoms with Crippen molar-refractivity contribution in [1.29, 1.82) is 0 Å². The van der Waals surface area contributed by atoms with Crippen LogP contribution >= 0.6 is 0 Å². The van der Waals surface area contributed by atoms with Gasteiger partial charge < -0.3 is 10.2 Å². The van der Waals surface area contributed by atoms with Crippen molar-refractivity contribution < 1.29 is 4.43 Å². The summed E-state index contributed by atoms with van der Waals surface area (Å²) < 4.78 is 5.97. The van der Waals surface area contributed by atoms with Crippen LogP contribution in [0.15, 0.2) is 24.3 Å². The smallest absolute Gasteiger partial charge is 0.242 e. The fourth-order valence-corrected chi connectivity index (χ4v) is 2.15. The minimum absolute atomic E-state index is 0.673. The molecule has 0 heterocycles. The molecule has 1 aromatic rings. The van der Waals surface area contributed by atoms with E-state index in [0.717, 1.165) is 12.2 Å². The van der Waals surface area contributed by atoms with Gasteiger partial charge in [-0.1, -0.05) is 18.2 Å². The third-order valence-corrected chi connectivity index (χ3v) is 2.63. The summed E-state index contributed by atoms with van der Waals surface area (Å²) in [5.74, 6) is 1.01. The molecule has 0 saturated carbocycles. The van der Waals surface area contributed by atoms with Gasteiger partial charge in [0.2, 0.25) is 8.32 Å². The first kappa shape index (κ1) is 11.3. The number of hydrogen-bond acceptors (Lipinski definition) is 2. The molecule has 0 aliphatic carbocycles. The first-order valence-corrected chi connectivity index (χ1v) is 8.41. The lowest BCUT2D eigenvalue weighted by Crippen LogP contribution is -2.29. The SMILES string of the molecule is C[Si](C)(C)Oc1ccccc1CCN. The summed E-state index contributed by atoms with van der Waals surface area (Å²) in [6, 6.07) is 8.16. The number of nitrogens with two attached hydrogens (primary N) is 1. The summed E-state index contributed by atoms with van der Waals surface area (Å²) in [5, 5.41) is 0. The van der Waals surface area contributed by atoms with E-state index in [9.17, 15) is 0 Å². The van der Waals surface area contributed by atoms with Gasteiger partial charge in [-0.2, -0.15) is 0 Å². The van der Waals surface area contributed by atoms with E-state index in [1.807, 2.05) is 18.2 Å². The highest BCUT2D eigenvalue weighted by Gasteiger charge is 2.17. The Hall–Kier alpha value is -0.803. The average molecular weight is 209 g/mol. The summed E-state index contributed by atoms with van der Waals surface area (Å²) in [6.07, 6.45) is 0.890. The lowest BCUT2D eigenvalue weighted by Gasteiger charge is -2.21. The zero-order valence-corrected chi connectivity index (χ0v) is 10.2. The largest absolute Gasteiger partial charge is 0.544 e. The second-order valence-electron chi connectivity index (χ2n) is 4.36. The maximum absolute atomic E-state index is 5.97. The number of rotatable bonds is 4. The van der Waals surface area contributed by atoms with E-state index in [2.05, 4.69) is 25.7 Å². The summed E-state index contributed by atoms with van der Waals surface area (Å²) in [4.78, 5) is 0. The monoisotopic (exact) mass is 209 g/mol. The highest BCUT2D eigenvalue weighted by Crippen LogP contribution is 2.21. The van der Waals surface area contributed by atoms with Gasteiger partial charge in [0.05, 0.1) is 0 Å². The minimum atomic E-state index is -1.50. The highest BCUT2D eigenvalue weighted by atomic mass is 28.4. The molecular formula is C11H19NOSi. The van der Waals surface area contributed by atoms with E-state index in [4.69, 9.17) is 10.2 Å². The standard InChI is InChI=1S/C11H19NOSi/c1-14(2,3)13-11-7-5-4-6-10(11)8-9-12/h4-7H,8-9,12H2,1-3H3. The van der Waals surface area contributed by atoms with E-state index in [0.29, 0.717) is 6.54 Å². The molecule has 0 radical (unpaired) electrons. The molecule has 0 aliphatic rings. The van der Waals surface area contributed by atoms with E-state index < -0.39 is 8.32 Å². The number of benzene rings is 1. The van der Waals surface area contributed by atoms with Crippen LogP contribution in [0.5, 0.6) is 5.75 Å². The maximum atomic E-state index is 5.97. The van der Waals surface area contributed by atoms with Crippen molar-refractivity contribution in [2.75, 3.05) is 6.54 Å². The third-order valence-electron chi connectivity index (χ3n) is 1.80. The molecule has 0 bridgehead atoms. The molecule has 2 N–H and O–H groups in total. The van der Waals surface area contributed by atoms with E-state index in [1.165, 1.54) is 5.56 Å². The molecule has 0 saturated heterocycles. The molecule has 14 heavy (non-hydrogen) atoms. The van der Waals surface area contributed by atoms with Crippen LogP contribution in [0.2, 0.25) is 19.6 Å². The van der Waals surface area contributed by atoms with Crippen molar-refractivity contribution in [3.05, 3.63) is 29.8 Å². The molecule has 0 amide bonds. The van der Waals surface area contributed by atoms with Gasteiger partial charge in [-0.15, -0.1) is 0 Å². The van der Waals surface area contributed by atoms with Crippen LogP contribution < -0.4 is 10.2 Å². The van der Waals surface area contributed by atoms with Crippen molar-refractivity contribution in [2.45, 2.75) is 26.1 Å². The minimum Gasteiger partial charge on any atom is -0.544 e. The van der Waals surface area contributed by atoms with Gasteiger partial charge >= 0.3 is 0 Å². The summed E-state index contributed by atoms with van der Waals surface area (Å²) >= 11 is 0. The molecular weight excluding hydrogens is 190 g/mol. The quantitative estimate of drug-likeness (QED) is 0.773. The van der Waals surface area contributed by atoms with Crippen LogP contribution in [-0.2, 0) is 6.42 Å². The Balaban J connectivity index is 2.84. The number of hydrogen-bond donors (Lipinski definition) is 1. The second-order valence-corrected chi connectivity index (χ2v) is 8.79. The van der Waals surface area contributed by atoms with E-state index >= 15 is 0 Å². The Morgan fingerprint density at radius 2 is 1.86 bits per heavy atom. The molecule has 0 atom stereocenters. The maximum Gasteiger partial charge on any atom is 0.242 e. The predicted octanol–water partition coefficient (Wildman–Crippen LogP) is 2.40. The topological polar surface area (TPSA) is 35.2 Å². The Morgan fingerprint density at radius 3 is 2.43 bits per heavy atom. The first-order chi connectivity index (χ1) is 6.53. The van der Waals surface area contributed by atoms with Crippen molar-refractivity contribution in [1.82, 2.24) is 0 Å². The molecule has 0 aliphatic heterocycles. The summed E-state index contributed by atoms with van der Waals surface area (Å²) in [5.41, 5.74) is 6.77. The van der Waals surface area contributed by atoms with Crippen LogP contribution in [0.4, 0.5) is 0 Å². The van der Waals surface area contributed by atoms with Gasteiger partial charge in [0, 0.05) is 0 Å². The lowest BCUT2D eigenvalue weighted by molar-refractivity contribution is 0.549. The zero-order valence-electron chi connectivity index (χ0n) is 9.21. The molecule has 2 nitrogen and oxygen atoms in total. The van der Waals surface area contributed by atoms with Crippen LogP contribution in [-0.4, -0.2) is 14.9 Å². The molecule has 78 valence electrons. The highest BCUT2D eigenvalue weighted by molar-refractivity contribution is 6.70. The molecule has 0 spiro atoms. The molecule has 3 heteroatoms. The van der Waals surface area contributed by atoms with Gasteiger partial charge in [0.15, 0.2) is 0 Å². The average Bonchev–Trinajstić information content (AvgIpc) is 2.06. The van der Waals surface area contributed by atoms with Crippen LogP contribution in [0, 0.1) is 0 Å². The molecule has 0 fully saturated rings. The fourth-order valence-electron chi connectivity index (χ4n) is 1.30. The normalized spacial score (nSPS) is 11.4. The van der Waals surface area contributed by atoms with Crippen LogP contribution in [0.1, 0.15) is 5.56 Å². The van der Waals surface area contributed by atoms with Gasteiger partial charge in [0.1, 0.15) is 5.75 Å². The third kappa shape index (κ3) is 3.52. The van der Waals surface area contributed by atoms with Gasteiger partial charge in [-0.05, 0) is 44.2 Å². The van der Waals surface area contributed by atoms with Crippen LogP contribution in [0.25, 0.3) is 0 Å². The Labute approximate surface area is 87.2 Å². The molecule has 0 unspecified atom stereocenters. The summed E-state index contributed by atoms with van der Waals surface area (Å²) in [6.45, 7) is 7.23. The van der Waals surface area contributed by atoms with Crippen molar-refractivity contribution in [3.63, 3.8) is 0 Å². The molecule has 0 aromatic heterocycles. The molecule has 1 aromatic carbocycles. The fraction of sp³-hybridized carbons (Fsp3) is 0.455. The first-order valence-electron chi connectivity index (χ1n) is 5.00. The Bertz CT molecular complexity index is 294. The van der Waals surface area contributed by atoms with Crippen molar-refractivity contribution >= 4 is 8.32 Å². The Kier molecular flexibility index (Phi) is 3.72. The van der Waals surface area contributed by atoms with Gasteiger partial charge in [0.25, 0.3) is 0 Å². The second kappa shape index (κ2) is 4.62. The van der Waals surface area contributed by atoms with Gasteiger partial charge in [-0.3, -0.25) is 0 Å². The summed E-state index contributed by atoms with van der Waals surface area (Å²) in [7, 11) is -1.50. The lowest BCUT2D eigenvalue weighted by atomic mass is 10.1. The van der Waals surface area contributed by atoms with Gasteiger partial charge in [-0.25, -0.2) is 0 Å².